The van der Waals surface area contributed by atoms with Gasteiger partial charge in [0.25, 0.3) is 5.91 Å². The van der Waals surface area contributed by atoms with Crippen LogP contribution in [-0.2, 0) is 19.6 Å². The highest BCUT2D eigenvalue weighted by molar-refractivity contribution is 7.89. The minimum atomic E-state index is -3.53. The van der Waals surface area contributed by atoms with Crippen LogP contribution in [0, 0.1) is 13.8 Å². The minimum absolute atomic E-state index is 0.114. The molecule has 1 amide bonds. The summed E-state index contributed by atoms with van der Waals surface area (Å²) >= 11 is 1.21. The molecule has 0 atom stereocenters. The molecule has 140 valence electrons. The first-order valence-corrected chi connectivity index (χ1v) is 9.80. The summed E-state index contributed by atoms with van der Waals surface area (Å²) in [7, 11) is -0.657. The van der Waals surface area contributed by atoms with Crippen molar-refractivity contribution in [2.75, 3.05) is 26.0 Å². The predicted octanol–water partition coefficient (Wildman–Crippen LogP) is 1.81. The number of aromatic nitrogens is 1. The number of nitrogens with one attached hydrogen (secondary N) is 1. The van der Waals surface area contributed by atoms with Crippen LogP contribution in [0.25, 0.3) is 0 Å². The third kappa shape index (κ3) is 4.65. The summed E-state index contributed by atoms with van der Waals surface area (Å²) in [5, 5.41) is 3.28. The van der Waals surface area contributed by atoms with Crippen LogP contribution in [0.5, 0.6) is 0 Å². The van der Waals surface area contributed by atoms with Crippen LogP contribution in [-0.4, -0.2) is 50.3 Å². The number of nitrogens with zero attached hydrogens (tertiary/aromatic N) is 2. The highest BCUT2D eigenvalue weighted by Gasteiger charge is 2.18. The molecule has 8 nitrogen and oxygen atoms in total. The van der Waals surface area contributed by atoms with Crippen LogP contribution in [0.15, 0.2) is 29.2 Å². The van der Waals surface area contributed by atoms with Crippen LogP contribution >= 0.6 is 11.3 Å². The molecule has 0 aliphatic heterocycles. The van der Waals surface area contributed by atoms with Crippen molar-refractivity contribution in [3.05, 3.63) is 39.8 Å². The van der Waals surface area contributed by atoms with Crippen LogP contribution in [0.1, 0.15) is 20.4 Å². The molecule has 2 rings (SSSR count). The van der Waals surface area contributed by atoms with Gasteiger partial charge < -0.3 is 10.1 Å². The third-order valence-electron chi connectivity index (χ3n) is 3.34. The fraction of sp³-hybridized carbons (Fsp3) is 0.312. The second kappa shape index (κ2) is 7.94. The Morgan fingerprint density at radius 3 is 2.31 bits per heavy atom. The molecular weight excluding hydrogens is 378 g/mol. The topological polar surface area (TPSA) is 106 Å². The van der Waals surface area contributed by atoms with Gasteiger partial charge in [-0.3, -0.25) is 4.79 Å². The standard InChI is InChI=1S/C16H19N3O5S2/c1-10-15(25-11(2)17-10)16(21)24-9-14(20)18-12-5-7-13(8-6-12)26(22,23)19(3)4/h5-8H,9H2,1-4H3,(H,18,20). The van der Waals surface area contributed by atoms with Gasteiger partial charge in [-0.1, -0.05) is 0 Å². The van der Waals surface area contributed by atoms with E-state index >= 15 is 0 Å². The molecule has 10 heteroatoms. The monoisotopic (exact) mass is 397 g/mol. The summed E-state index contributed by atoms with van der Waals surface area (Å²) in [6.45, 7) is 3.03. The van der Waals surface area contributed by atoms with E-state index in [0.29, 0.717) is 16.3 Å². The second-order valence-electron chi connectivity index (χ2n) is 5.58. The number of anilines is 1. The summed E-state index contributed by atoms with van der Waals surface area (Å²) < 4.78 is 30.1. The molecule has 0 radical (unpaired) electrons. The van der Waals surface area contributed by atoms with Gasteiger partial charge >= 0.3 is 5.97 Å². The van der Waals surface area contributed by atoms with E-state index in [-0.39, 0.29) is 4.90 Å². The first-order chi connectivity index (χ1) is 12.1. The molecule has 1 N–H and O–H groups in total. The number of ether oxygens (including phenoxy) is 1. The van der Waals surface area contributed by atoms with E-state index in [9.17, 15) is 18.0 Å². The van der Waals surface area contributed by atoms with Gasteiger partial charge in [0.2, 0.25) is 10.0 Å². The maximum absolute atomic E-state index is 12.0. The zero-order chi connectivity index (χ0) is 19.5. The number of hydrogen-bond donors (Lipinski definition) is 1. The summed E-state index contributed by atoms with van der Waals surface area (Å²) in [6.07, 6.45) is 0. The normalized spacial score (nSPS) is 11.4. The molecule has 2 aromatic rings. The fourth-order valence-electron chi connectivity index (χ4n) is 2.04. The zero-order valence-electron chi connectivity index (χ0n) is 14.8. The van der Waals surface area contributed by atoms with Crippen molar-refractivity contribution < 1.29 is 22.7 Å². The van der Waals surface area contributed by atoms with Gasteiger partial charge in [-0.05, 0) is 38.1 Å². The van der Waals surface area contributed by atoms with E-state index in [1.165, 1.54) is 49.7 Å². The van der Waals surface area contributed by atoms with Crippen molar-refractivity contribution in [1.29, 1.82) is 0 Å². The Morgan fingerprint density at radius 2 is 1.81 bits per heavy atom. The SMILES string of the molecule is Cc1nc(C)c(C(=O)OCC(=O)Nc2ccc(S(=O)(=O)N(C)C)cc2)s1. The maximum Gasteiger partial charge on any atom is 0.350 e. The van der Waals surface area contributed by atoms with Crippen molar-refractivity contribution in [2.24, 2.45) is 0 Å². The van der Waals surface area contributed by atoms with Crippen molar-refractivity contribution in [3.63, 3.8) is 0 Å². The zero-order valence-corrected chi connectivity index (χ0v) is 16.4. The molecule has 0 aliphatic carbocycles. The van der Waals surface area contributed by atoms with E-state index in [1.54, 1.807) is 13.8 Å². The van der Waals surface area contributed by atoms with Crippen molar-refractivity contribution in [2.45, 2.75) is 18.7 Å². The lowest BCUT2D eigenvalue weighted by Gasteiger charge is -2.12. The molecule has 0 spiro atoms. The van der Waals surface area contributed by atoms with Crippen molar-refractivity contribution in [3.8, 4) is 0 Å². The Kier molecular flexibility index (Phi) is 6.11. The van der Waals surface area contributed by atoms with Crippen LogP contribution in [0.4, 0.5) is 5.69 Å². The molecule has 0 fully saturated rings. The lowest BCUT2D eigenvalue weighted by atomic mass is 10.3. The number of benzene rings is 1. The molecule has 1 aromatic heterocycles. The lowest BCUT2D eigenvalue weighted by molar-refractivity contribution is -0.119. The molecule has 26 heavy (non-hydrogen) atoms. The Bertz CT molecular complexity index is 918. The number of carbonyl (C=O) groups is 2. The minimum Gasteiger partial charge on any atom is -0.451 e. The Hall–Kier alpha value is -2.30. The molecule has 0 saturated carbocycles. The average molecular weight is 397 g/mol. The predicted molar refractivity (Wildman–Crippen MR) is 97.8 cm³/mol. The number of amides is 1. The number of rotatable bonds is 6. The van der Waals surface area contributed by atoms with E-state index < -0.39 is 28.5 Å². The molecule has 0 unspecified atom stereocenters. The Morgan fingerprint density at radius 1 is 1.19 bits per heavy atom. The fourth-order valence-corrected chi connectivity index (χ4v) is 3.75. The van der Waals surface area contributed by atoms with Gasteiger partial charge in [0.15, 0.2) is 6.61 Å². The number of aryl methyl sites for hydroxylation is 2. The van der Waals surface area contributed by atoms with E-state index in [2.05, 4.69) is 10.3 Å². The summed E-state index contributed by atoms with van der Waals surface area (Å²) in [5.41, 5.74) is 0.962. The highest BCUT2D eigenvalue weighted by Crippen LogP contribution is 2.18. The third-order valence-corrected chi connectivity index (χ3v) is 6.22. The Labute approximate surface area is 155 Å². The number of esters is 1. The van der Waals surface area contributed by atoms with Crippen LogP contribution < -0.4 is 5.32 Å². The number of sulfonamides is 1. The molecule has 1 heterocycles. The Balaban J connectivity index is 1.94. The first-order valence-electron chi connectivity index (χ1n) is 7.55. The number of hydrogen-bond acceptors (Lipinski definition) is 7. The van der Waals surface area contributed by atoms with E-state index in [0.717, 1.165) is 9.31 Å². The molecule has 1 aromatic carbocycles. The lowest BCUT2D eigenvalue weighted by Crippen LogP contribution is -2.22. The van der Waals surface area contributed by atoms with Gasteiger partial charge in [-0.15, -0.1) is 11.3 Å². The maximum atomic E-state index is 12.0. The first kappa shape index (κ1) is 20.0. The number of carbonyl (C=O) groups excluding carboxylic acids is 2. The van der Waals surface area contributed by atoms with Gasteiger partial charge in [0.05, 0.1) is 15.6 Å². The second-order valence-corrected chi connectivity index (χ2v) is 8.94. The molecule has 0 aliphatic rings. The van der Waals surface area contributed by atoms with Gasteiger partial charge in [-0.25, -0.2) is 22.5 Å². The molecular formula is C16H19N3O5S2. The van der Waals surface area contributed by atoms with Gasteiger partial charge in [0, 0.05) is 19.8 Å². The highest BCUT2D eigenvalue weighted by atomic mass is 32.2. The average Bonchev–Trinajstić information content (AvgIpc) is 2.91. The van der Waals surface area contributed by atoms with Crippen LogP contribution in [0.3, 0.4) is 0 Å². The van der Waals surface area contributed by atoms with Crippen molar-refractivity contribution in [1.82, 2.24) is 9.29 Å². The van der Waals surface area contributed by atoms with E-state index in [1.807, 2.05) is 0 Å². The molecule has 0 bridgehead atoms. The summed E-state index contributed by atoms with van der Waals surface area (Å²) in [4.78, 5) is 28.5. The van der Waals surface area contributed by atoms with E-state index in [4.69, 9.17) is 4.74 Å². The van der Waals surface area contributed by atoms with Gasteiger partial charge in [-0.2, -0.15) is 0 Å². The largest absolute Gasteiger partial charge is 0.451 e. The number of thiazole rings is 1. The smallest absolute Gasteiger partial charge is 0.350 e. The molecule has 0 saturated heterocycles. The van der Waals surface area contributed by atoms with Crippen molar-refractivity contribution >= 4 is 38.9 Å². The summed E-state index contributed by atoms with van der Waals surface area (Å²) in [5.74, 6) is -1.13. The quantitative estimate of drug-likeness (QED) is 0.745. The van der Waals surface area contributed by atoms with Gasteiger partial charge in [0.1, 0.15) is 4.88 Å². The van der Waals surface area contributed by atoms with Crippen LogP contribution in [0.2, 0.25) is 0 Å². The summed E-state index contributed by atoms with van der Waals surface area (Å²) in [6, 6.07) is 5.71.